The van der Waals surface area contributed by atoms with Gasteiger partial charge in [0.1, 0.15) is 5.75 Å². The van der Waals surface area contributed by atoms with Crippen molar-refractivity contribution in [2.24, 2.45) is 0 Å². The summed E-state index contributed by atoms with van der Waals surface area (Å²) in [5, 5.41) is 21.1. The molecule has 31 heavy (non-hydrogen) atoms. The molecule has 164 valence electrons. The van der Waals surface area contributed by atoms with Crippen LogP contribution in [0.25, 0.3) is 5.69 Å². The number of anilines is 1. The lowest BCUT2D eigenvalue weighted by Crippen LogP contribution is -2.29. The number of esters is 1. The molecule has 0 saturated carbocycles. The summed E-state index contributed by atoms with van der Waals surface area (Å²) < 4.78 is 11.3. The molecule has 0 radical (unpaired) electrons. The van der Waals surface area contributed by atoms with Gasteiger partial charge in [0.15, 0.2) is 22.9 Å². The number of pyridine rings is 1. The van der Waals surface area contributed by atoms with Crippen molar-refractivity contribution >= 4 is 30.0 Å². The van der Waals surface area contributed by atoms with Crippen LogP contribution in [0, 0.1) is 0 Å². The average molecular weight is 448 g/mol. The first-order valence-corrected chi connectivity index (χ1v) is 9.06. The summed E-state index contributed by atoms with van der Waals surface area (Å²) in [6, 6.07) is 9.73. The van der Waals surface area contributed by atoms with E-state index < -0.39 is 23.4 Å². The minimum absolute atomic E-state index is 0. The Hall–Kier alpha value is -3.72. The second-order valence-electron chi connectivity index (χ2n) is 6.22. The van der Waals surface area contributed by atoms with Crippen LogP contribution in [0.4, 0.5) is 5.69 Å². The third kappa shape index (κ3) is 4.41. The van der Waals surface area contributed by atoms with Gasteiger partial charge in [-0.3, -0.25) is 14.3 Å². The zero-order chi connectivity index (χ0) is 21.8. The standard InChI is InChI=1S/C21H21N3O6.ClH/c1-4-30-21(28)17-19(26)18(25)16(20(27)23(2)14-6-5-11-22-12-14)24(17)13-7-9-15(29-3)10-8-13;/h5-12,25-26H,4H2,1-3H3;1H. The van der Waals surface area contributed by atoms with Crippen LogP contribution in [-0.4, -0.2) is 52.4 Å². The minimum atomic E-state index is -0.885. The number of rotatable bonds is 6. The summed E-state index contributed by atoms with van der Waals surface area (Å²) in [6.07, 6.45) is 3.03. The van der Waals surface area contributed by atoms with E-state index >= 15 is 0 Å². The van der Waals surface area contributed by atoms with Gasteiger partial charge in [-0.05, 0) is 43.3 Å². The van der Waals surface area contributed by atoms with Crippen molar-refractivity contribution in [2.45, 2.75) is 6.92 Å². The Morgan fingerprint density at radius 2 is 1.74 bits per heavy atom. The van der Waals surface area contributed by atoms with Gasteiger partial charge in [-0.25, -0.2) is 4.79 Å². The van der Waals surface area contributed by atoms with E-state index in [2.05, 4.69) is 4.98 Å². The van der Waals surface area contributed by atoms with Crippen molar-refractivity contribution in [3.8, 4) is 22.9 Å². The van der Waals surface area contributed by atoms with Crippen LogP contribution in [0.5, 0.6) is 17.2 Å². The second-order valence-corrected chi connectivity index (χ2v) is 6.22. The monoisotopic (exact) mass is 447 g/mol. The maximum atomic E-state index is 13.3. The highest BCUT2D eigenvalue weighted by atomic mass is 35.5. The van der Waals surface area contributed by atoms with Gasteiger partial charge in [-0.2, -0.15) is 0 Å². The SMILES string of the molecule is CCOC(=O)c1c(O)c(O)c(C(=O)N(C)c2cccnc2)n1-c1ccc(OC)cc1.Cl. The number of benzene rings is 1. The van der Waals surface area contributed by atoms with Crippen LogP contribution < -0.4 is 9.64 Å². The molecule has 2 N–H and O–H groups in total. The fraction of sp³-hybridized carbons (Fsp3) is 0.190. The third-order valence-corrected chi connectivity index (χ3v) is 4.46. The fourth-order valence-electron chi connectivity index (χ4n) is 2.95. The highest BCUT2D eigenvalue weighted by Crippen LogP contribution is 2.39. The molecule has 2 aromatic heterocycles. The van der Waals surface area contributed by atoms with E-state index in [1.54, 1.807) is 49.5 Å². The van der Waals surface area contributed by atoms with Gasteiger partial charge in [-0.1, -0.05) is 0 Å². The smallest absolute Gasteiger partial charge is 0.359 e. The lowest BCUT2D eigenvalue weighted by atomic mass is 10.2. The molecular formula is C21H22ClN3O6. The largest absolute Gasteiger partial charge is 0.503 e. The summed E-state index contributed by atoms with van der Waals surface area (Å²) >= 11 is 0. The van der Waals surface area contributed by atoms with Crippen molar-refractivity contribution in [2.75, 3.05) is 25.7 Å². The number of hydrogen-bond donors (Lipinski definition) is 2. The predicted molar refractivity (Wildman–Crippen MR) is 116 cm³/mol. The highest BCUT2D eigenvalue weighted by molar-refractivity contribution is 6.09. The summed E-state index contributed by atoms with van der Waals surface area (Å²) in [5.41, 5.74) is 0.147. The van der Waals surface area contributed by atoms with Crippen LogP contribution in [0.1, 0.15) is 27.9 Å². The fourth-order valence-corrected chi connectivity index (χ4v) is 2.95. The number of methoxy groups -OCH3 is 1. The molecule has 0 fully saturated rings. The summed E-state index contributed by atoms with van der Waals surface area (Å²) in [6.45, 7) is 1.66. The molecule has 1 aromatic carbocycles. The number of hydrogen-bond acceptors (Lipinski definition) is 7. The molecule has 10 heteroatoms. The summed E-state index contributed by atoms with van der Waals surface area (Å²) in [7, 11) is 3.00. The number of carbonyl (C=O) groups excluding carboxylic acids is 2. The third-order valence-electron chi connectivity index (χ3n) is 4.46. The van der Waals surface area contributed by atoms with Crippen LogP contribution in [0.3, 0.4) is 0 Å². The Kier molecular flexibility index (Phi) is 7.49. The number of ether oxygens (including phenoxy) is 2. The number of amides is 1. The van der Waals surface area contributed by atoms with E-state index in [4.69, 9.17) is 9.47 Å². The lowest BCUT2D eigenvalue weighted by molar-refractivity contribution is 0.0513. The van der Waals surface area contributed by atoms with Crippen LogP contribution in [0.15, 0.2) is 48.8 Å². The number of aromatic hydroxyl groups is 2. The first kappa shape index (κ1) is 23.6. The van der Waals surface area contributed by atoms with Gasteiger partial charge < -0.3 is 24.6 Å². The molecule has 0 aliphatic rings. The van der Waals surface area contributed by atoms with Gasteiger partial charge in [0, 0.05) is 18.9 Å². The van der Waals surface area contributed by atoms with Crippen LogP contribution in [-0.2, 0) is 4.74 Å². The molecule has 3 rings (SSSR count). The molecule has 0 spiro atoms. The van der Waals surface area contributed by atoms with E-state index in [-0.39, 0.29) is 30.4 Å². The summed E-state index contributed by atoms with van der Waals surface area (Å²) in [5.74, 6) is -2.47. The van der Waals surface area contributed by atoms with Crippen molar-refractivity contribution in [1.82, 2.24) is 9.55 Å². The number of halogens is 1. The normalized spacial score (nSPS) is 10.2. The number of carbonyl (C=O) groups is 2. The quantitative estimate of drug-likeness (QED) is 0.558. The Morgan fingerprint density at radius 1 is 1.10 bits per heavy atom. The average Bonchev–Trinajstić information content (AvgIpc) is 3.04. The Bertz CT molecular complexity index is 1070. The van der Waals surface area contributed by atoms with Crippen molar-refractivity contribution < 1.29 is 29.3 Å². The molecule has 0 aliphatic carbocycles. The Labute approximate surface area is 184 Å². The molecule has 2 heterocycles. The number of nitrogens with zero attached hydrogens (tertiary/aromatic N) is 3. The minimum Gasteiger partial charge on any atom is -0.503 e. The molecule has 1 amide bonds. The Morgan fingerprint density at radius 3 is 2.29 bits per heavy atom. The summed E-state index contributed by atoms with van der Waals surface area (Å²) in [4.78, 5) is 31.0. The zero-order valence-electron chi connectivity index (χ0n) is 17.1. The molecule has 0 bridgehead atoms. The maximum absolute atomic E-state index is 13.3. The van der Waals surface area contributed by atoms with Gasteiger partial charge >= 0.3 is 5.97 Å². The van der Waals surface area contributed by atoms with Gasteiger partial charge in [0.2, 0.25) is 0 Å². The molecule has 0 unspecified atom stereocenters. The molecule has 0 aliphatic heterocycles. The molecule has 9 nitrogen and oxygen atoms in total. The topological polar surface area (TPSA) is 114 Å². The predicted octanol–water partition coefficient (Wildman–Crippen LogP) is 3.17. The van der Waals surface area contributed by atoms with E-state index in [1.165, 1.54) is 25.3 Å². The lowest BCUT2D eigenvalue weighted by Gasteiger charge is -2.19. The molecule has 3 aromatic rings. The van der Waals surface area contributed by atoms with E-state index in [0.29, 0.717) is 17.1 Å². The van der Waals surface area contributed by atoms with Crippen molar-refractivity contribution in [3.63, 3.8) is 0 Å². The van der Waals surface area contributed by atoms with Gasteiger partial charge in [0.05, 0.1) is 25.6 Å². The van der Waals surface area contributed by atoms with Gasteiger partial charge in [-0.15, -0.1) is 12.4 Å². The van der Waals surface area contributed by atoms with Crippen molar-refractivity contribution in [1.29, 1.82) is 0 Å². The van der Waals surface area contributed by atoms with Crippen molar-refractivity contribution in [3.05, 3.63) is 60.2 Å². The van der Waals surface area contributed by atoms with Crippen LogP contribution in [0.2, 0.25) is 0 Å². The first-order valence-electron chi connectivity index (χ1n) is 9.06. The van der Waals surface area contributed by atoms with E-state index in [1.807, 2.05) is 0 Å². The van der Waals surface area contributed by atoms with Crippen LogP contribution >= 0.6 is 12.4 Å². The molecular weight excluding hydrogens is 426 g/mol. The van der Waals surface area contributed by atoms with E-state index in [0.717, 1.165) is 4.57 Å². The zero-order valence-corrected chi connectivity index (χ0v) is 17.9. The van der Waals surface area contributed by atoms with Gasteiger partial charge in [0.25, 0.3) is 5.91 Å². The molecule has 0 saturated heterocycles. The number of aromatic nitrogens is 2. The molecule has 0 atom stereocenters. The first-order chi connectivity index (χ1) is 14.4. The second kappa shape index (κ2) is 9.86. The van der Waals surface area contributed by atoms with E-state index in [9.17, 15) is 19.8 Å². The highest BCUT2D eigenvalue weighted by Gasteiger charge is 2.34. The Balaban J connectivity index is 0.00000341. The maximum Gasteiger partial charge on any atom is 0.359 e.